The number of hydrogen-bond acceptors (Lipinski definition) is 1. The zero-order valence-electron chi connectivity index (χ0n) is 12.8. The van der Waals surface area contributed by atoms with Gasteiger partial charge >= 0.3 is 0 Å². The molecule has 1 rings (SSSR count). The Morgan fingerprint density at radius 1 is 1.26 bits per heavy atom. The molecule has 0 atom stereocenters. The lowest BCUT2D eigenvalue weighted by Crippen LogP contribution is -2.20. The first-order valence-corrected chi connectivity index (χ1v) is 7.04. The number of allylic oxidation sites excluding steroid dienone is 8. The Morgan fingerprint density at radius 3 is 2.42 bits per heavy atom. The van der Waals surface area contributed by atoms with Crippen LogP contribution in [0.1, 0.15) is 40.5 Å². The van der Waals surface area contributed by atoms with Crippen LogP contribution < -0.4 is 5.32 Å². The van der Waals surface area contributed by atoms with Crippen LogP contribution in [0, 0.1) is 0 Å². The predicted molar refractivity (Wildman–Crippen MR) is 87.8 cm³/mol. The molecule has 0 fully saturated rings. The van der Waals surface area contributed by atoms with Crippen LogP contribution in [0.3, 0.4) is 0 Å². The normalized spacial score (nSPS) is 19.2. The van der Waals surface area contributed by atoms with Gasteiger partial charge in [0.25, 0.3) is 0 Å². The van der Waals surface area contributed by atoms with Gasteiger partial charge in [-0.3, -0.25) is 0 Å². The molecule has 0 aromatic rings. The largest absolute Gasteiger partial charge is 0.355 e. The van der Waals surface area contributed by atoms with Gasteiger partial charge in [0.2, 0.25) is 0 Å². The van der Waals surface area contributed by atoms with Crippen molar-refractivity contribution in [1.29, 1.82) is 0 Å². The molecule has 0 aliphatic carbocycles. The first kappa shape index (κ1) is 17.2. The van der Waals surface area contributed by atoms with Gasteiger partial charge in [0, 0.05) is 17.8 Å². The molecule has 0 bridgehead atoms. The average molecular weight is 257 g/mol. The lowest BCUT2D eigenvalue weighted by Gasteiger charge is -2.24. The zero-order chi connectivity index (χ0) is 14.7. The zero-order valence-corrected chi connectivity index (χ0v) is 12.8. The molecule has 1 heteroatoms. The fraction of sp³-hybridized carbons (Fsp3) is 0.333. The molecule has 0 saturated heterocycles. The van der Waals surface area contributed by atoms with Gasteiger partial charge in [-0.05, 0) is 36.6 Å². The van der Waals surface area contributed by atoms with E-state index in [0.717, 1.165) is 24.2 Å². The summed E-state index contributed by atoms with van der Waals surface area (Å²) < 4.78 is 0. The van der Waals surface area contributed by atoms with Crippen LogP contribution in [0.2, 0.25) is 0 Å². The maximum absolute atomic E-state index is 3.88. The Labute approximate surface area is 118 Å². The third-order valence-corrected chi connectivity index (χ3v) is 2.66. The molecule has 1 nitrogen and oxygen atoms in total. The quantitative estimate of drug-likeness (QED) is 0.708. The van der Waals surface area contributed by atoms with Crippen molar-refractivity contribution in [2.24, 2.45) is 0 Å². The molecule has 0 unspecified atom stereocenters. The van der Waals surface area contributed by atoms with Crippen LogP contribution in [0.25, 0.3) is 0 Å². The molecule has 1 aliphatic rings. The first-order valence-electron chi connectivity index (χ1n) is 7.04. The highest BCUT2D eigenvalue weighted by atomic mass is 14.9. The molecule has 19 heavy (non-hydrogen) atoms. The summed E-state index contributed by atoms with van der Waals surface area (Å²) in [5, 5.41) is 3.43. The van der Waals surface area contributed by atoms with Crippen LogP contribution >= 0.6 is 0 Å². The van der Waals surface area contributed by atoms with E-state index >= 15 is 0 Å². The summed E-state index contributed by atoms with van der Waals surface area (Å²) in [6.45, 7) is 15.8. The third-order valence-electron chi connectivity index (χ3n) is 2.66. The van der Waals surface area contributed by atoms with E-state index in [4.69, 9.17) is 0 Å². The predicted octanol–water partition coefficient (Wildman–Crippen LogP) is 5.43. The molecule has 1 heterocycles. The molecule has 0 amide bonds. The van der Waals surface area contributed by atoms with Gasteiger partial charge in [-0.2, -0.15) is 0 Å². The van der Waals surface area contributed by atoms with E-state index in [0.29, 0.717) is 0 Å². The standard InChI is InChI=1S/C16H21N.C2H6/c1-5-9-14-12-13(8-4)15(10-6-2)17-16(14)11-7-3;1-2/h6-11,17H,3-5,12H2,1-2H3;1-2H3/b10-6-,14-9-,16-11+;. The Morgan fingerprint density at radius 2 is 1.95 bits per heavy atom. The van der Waals surface area contributed by atoms with Crippen molar-refractivity contribution in [1.82, 2.24) is 5.32 Å². The fourth-order valence-electron chi connectivity index (χ4n) is 1.89. The van der Waals surface area contributed by atoms with Gasteiger partial charge in [0.05, 0.1) is 0 Å². The van der Waals surface area contributed by atoms with Crippen molar-refractivity contribution >= 4 is 0 Å². The van der Waals surface area contributed by atoms with Crippen LogP contribution in [-0.4, -0.2) is 0 Å². The summed E-state index contributed by atoms with van der Waals surface area (Å²) in [5.74, 6) is 0. The van der Waals surface area contributed by atoms with Crippen LogP contribution in [0.5, 0.6) is 0 Å². The molecule has 104 valence electrons. The van der Waals surface area contributed by atoms with Gasteiger partial charge in [0.15, 0.2) is 0 Å². The highest BCUT2D eigenvalue weighted by molar-refractivity contribution is 5.48. The number of nitrogens with one attached hydrogen (secondary N) is 1. The van der Waals surface area contributed by atoms with Gasteiger partial charge in [-0.25, -0.2) is 0 Å². The molecule has 0 spiro atoms. The summed E-state index contributed by atoms with van der Waals surface area (Å²) in [4.78, 5) is 0. The molecule has 0 saturated carbocycles. The Hall–Kier alpha value is -1.76. The summed E-state index contributed by atoms with van der Waals surface area (Å²) in [7, 11) is 0. The number of rotatable bonds is 4. The Bertz CT molecular complexity index is 417. The summed E-state index contributed by atoms with van der Waals surface area (Å²) >= 11 is 0. The third kappa shape index (κ3) is 5.17. The van der Waals surface area contributed by atoms with Crippen molar-refractivity contribution < 1.29 is 0 Å². The van der Waals surface area contributed by atoms with Gasteiger partial charge in [-0.15, -0.1) is 0 Å². The summed E-state index contributed by atoms with van der Waals surface area (Å²) in [6, 6.07) is 0. The second-order valence-electron chi connectivity index (χ2n) is 3.90. The monoisotopic (exact) mass is 257 g/mol. The van der Waals surface area contributed by atoms with E-state index < -0.39 is 0 Å². The van der Waals surface area contributed by atoms with Gasteiger partial charge in [0.1, 0.15) is 0 Å². The van der Waals surface area contributed by atoms with E-state index in [9.17, 15) is 0 Å². The maximum atomic E-state index is 3.88. The Kier molecular flexibility index (Phi) is 9.25. The first-order chi connectivity index (χ1) is 9.26. The van der Waals surface area contributed by atoms with Gasteiger partial charge in [-0.1, -0.05) is 58.2 Å². The molecule has 0 radical (unpaired) electrons. The van der Waals surface area contributed by atoms with E-state index in [1.54, 1.807) is 0 Å². The average Bonchev–Trinajstić information content (AvgIpc) is 2.44. The van der Waals surface area contributed by atoms with Crippen molar-refractivity contribution in [3.8, 4) is 0 Å². The summed E-state index contributed by atoms with van der Waals surface area (Å²) in [5.41, 5.74) is 4.82. The van der Waals surface area contributed by atoms with Crippen molar-refractivity contribution in [2.75, 3.05) is 0 Å². The summed E-state index contributed by atoms with van der Waals surface area (Å²) in [6.07, 6.45) is 14.1. The minimum atomic E-state index is 0.934. The molecular formula is C18H27N. The second kappa shape index (κ2) is 10.2. The van der Waals surface area contributed by atoms with Crippen molar-refractivity contribution in [2.45, 2.75) is 40.5 Å². The highest BCUT2D eigenvalue weighted by Gasteiger charge is 2.15. The molecule has 1 N–H and O–H groups in total. The van der Waals surface area contributed by atoms with E-state index in [1.807, 2.05) is 45.1 Å². The SMILES string of the molecule is C=C/C=C1/NC(/C=C\C)=C(C=C)C/C1=C/CC.CC. The van der Waals surface area contributed by atoms with Crippen LogP contribution in [-0.2, 0) is 0 Å². The van der Waals surface area contributed by atoms with Gasteiger partial charge < -0.3 is 5.32 Å². The second-order valence-corrected chi connectivity index (χ2v) is 3.90. The minimum absolute atomic E-state index is 0.934. The molecule has 1 aliphatic heterocycles. The Balaban J connectivity index is 0.00000154. The van der Waals surface area contributed by atoms with Crippen LogP contribution in [0.15, 0.2) is 72.2 Å². The van der Waals surface area contributed by atoms with Crippen LogP contribution in [0.4, 0.5) is 0 Å². The highest BCUT2D eigenvalue weighted by Crippen LogP contribution is 2.27. The van der Waals surface area contributed by atoms with E-state index in [1.165, 1.54) is 11.1 Å². The van der Waals surface area contributed by atoms with E-state index in [2.05, 4.69) is 37.6 Å². The molecule has 0 aromatic heterocycles. The smallest absolute Gasteiger partial charge is 0.0416 e. The topological polar surface area (TPSA) is 12.0 Å². The molecular weight excluding hydrogens is 230 g/mol. The molecule has 0 aromatic carbocycles. The van der Waals surface area contributed by atoms with E-state index in [-0.39, 0.29) is 0 Å². The van der Waals surface area contributed by atoms with Crippen molar-refractivity contribution in [3.63, 3.8) is 0 Å². The number of hydrogen-bond donors (Lipinski definition) is 1. The van der Waals surface area contributed by atoms with Crippen molar-refractivity contribution in [3.05, 3.63) is 72.2 Å². The fourth-order valence-corrected chi connectivity index (χ4v) is 1.89. The lowest BCUT2D eigenvalue weighted by molar-refractivity contribution is 0.897. The maximum Gasteiger partial charge on any atom is 0.0416 e. The lowest BCUT2D eigenvalue weighted by atomic mass is 9.95. The minimum Gasteiger partial charge on any atom is -0.355 e.